The molecule has 86 valence electrons. The van der Waals surface area contributed by atoms with Crippen LogP contribution in [-0.4, -0.2) is 35.6 Å². The van der Waals surface area contributed by atoms with Crippen molar-refractivity contribution in [2.24, 2.45) is 0 Å². The smallest absolute Gasteiger partial charge is 0.260 e. The normalized spacial score (nSPS) is 14.6. The quantitative estimate of drug-likeness (QED) is 0.835. The first-order chi connectivity index (χ1) is 7.66. The summed E-state index contributed by atoms with van der Waals surface area (Å²) in [4.78, 5) is 13.3. The van der Waals surface area contributed by atoms with Gasteiger partial charge in [-0.3, -0.25) is 4.79 Å². The SMILES string of the molecule is CN(C(=O)COc1cccc(O)c1)C1CC1. The van der Waals surface area contributed by atoms with E-state index in [-0.39, 0.29) is 18.3 Å². The summed E-state index contributed by atoms with van der Waals surface area (Å²) in [6, 6.07) is 6.85. The molecule has 0 aliphatic heterocycles. The van der Waals surface area contributed by atoms with Crippen molar-refractivity contribution in [2.75, 3.05) is 13.7 Å². The molecular formula is C12H15NO3. The Balaban J connectivity index is 1.84. The van der Waals surface area contributed by atoms with Crippen molar-refractivity contribution >= 4 is 5.91 Å². The Morgan fingerprint density at radius 2 is 2.31 bits per heavy atom. The van der Waals surface area contributed by atoms with Crippen molar-refractivity contribution in [3.63, 3.8) is 0 Å². The zero-order valence-corrected chi connectivity index (χ0v) is 9.22. The second kappa shape index (κ2) is 4.43. The van der Waals surface area contributed by atoms with E-state index in [2.05, 4.69) is 0 Å². The second-order valence-electron chi connectivity index (χ2n) is 4.02. The number of hydrogen-bond donors (Lipinski definition) is 1. The van der Waals surface area contributed by atoms with Crippen LogP contribution in [0.2, 0.25) is 0 Å². The highest BCUT2D eigenvalue weighted by molar-refractivity contribution is 5.78. The fourth-order valence-corrected chi connectivity index (χ4v) is 1.49. The summed E-state index contributed by atoms with van der Waals surface area (Å²) in [5.41, 5.74) is 0. The lowest BCUT2D eigenvalue weighted by molar-refractivity contribution is -0.132. The molecule has 0 radical (unpaired) electrons. The zero-order valence-electron chi connectivity index (χ0n) is 9.22. The van der Waals surface area contributed by atoms with Gasteiger partial charge in [0.25, 0.3) is 5.91 Å². The molecule has 1 saturated carbocycles. The summed E-state index contributed by atoms with van der Waals surface area (Å²) in [5, 5.41) is 9.21. The van der Waals surface area contributed by atoms with Gasteiger partial charge >= 0.3 is 0 Å². The monoisotopic (exact) mass is 221 g/mol. The minimum atomic E-state index is -0.0224. The predicted molar refractivity (Wildman–Crippen MR) is 59.4 cm³/mol. The van der Waals surface area contributed by atoms with Gasteiger partial charge in [0.15, 0.2) is 6.61 Å². The van der Waals surface area contributed by atoms with Crippen LogP contribution in [0.25, 0.3) is 0 Å². The topological polar surface area (TPSA) is 49.8 Å². The minimum Gasteiger partial charge on any atom is -0.508 e. The second-order valence-corrected chi connectivity index (χ2v) is 4.02. The summed E-state index contributed by atoms with van der Waals surface area (Å²) >= 11 is 0. The van der Waals surface area contributed by atoms with Gasteiger partial charge in [-0.05, 0) is 25.0 Å². The third-order valence-electron chi connectivity index (χ3n) is 2.67. The first-order valence-corrected chi connectivity index (χ1v) is 5.34. The van der Waals surface area contributed by atoms with Crippen LogP contribution in [0.4, 0.5) is 0 Å². The van der Waals surface area contributed by atoms with Crippen molar-refractivity contribution in [1.29, 1.82) is 0 Å². The third-order valence-corrected chi connectivity index (χ3v) is 2.67. The Morgan fingerprint density at radius 3 is 2.94 bits per heavy atom. The van der Waals surface area contributed by atoms with Crippen LogP contribution in [-0.2, 0) is 4.79 Å². The van der Waals surface area contributed by atoms with Crippen molar-refractivity contribution in [3.8, 4) is 11.5 Å². The molecular weight excluding hydrogens is 206 g/mol. The molecule has 0 bridgehead atoms. The molecule has 1 N–H and O–H groups in total. The largest absolute Gasteiger partial charge is 0.508 e. The maximum atomic E-state index is 11.6. The van der Waals surface area contributed by atoms with Gasteiger partial charge in [0, 0.05) is 19.2 Å². The number of amides is 1. The number of rotatable bonds is 4. The van der Waals surface area contributed by atoms with Gasteiger partial charge in [-0.15, -0.1) is 0 Å². The minimum absolute atomic E-state index is 0.0224. The lowest BCUT2D eigenvalue weighted by Crippen LogP contribution is -2.33. The molecule has 0 saturated heterocycles. The fraction of sp³-hybridized carbons (Fsp3) is 0.417. The van der Waals surface area contributed by atoms with Crippen LogP contribution >= 0.6 is 0 Å². The molecule has 0 heterocycles. The van der Waals surface area contributed by atoms with Gasteiger partial charge in [0.1, 0.15) is 11.5 Å². The molecule has 1 aliphatic carbocycles. The molecule has 2 rings (SSSR count). The van der Waals surface area contributed by atoms with Gasteiger partial charge in [-0.2, -0.15) is 0 Å². The van der Waals surface area contributed by atoms with Crippen LogP contribution in [0.1, 0.15) is 12.8 Å². The molecule has 16 heavy (non-hydrogen) atoms. The fourth-order valence-electron chi connectivity index (χ4n) is 1.49. The lowest BCUT2D eigenvalue weighted by Gasteiger charge is -2.16. The predicted octanol–water partition coefficient (Wildman–Crippen LogP) is 1.39. The molecule has 0 atom stereocenters. The number of carbonyl (C=O) groups excluding carboxylic acids is 1. The zero-order chi connectivity index (χ0) is 11.5. The highest BCUT2D eigenvalue weighted by Crippen LogP contribution is 2.25. The molecule has 1 amide bonds. The Morgan fingerprint density at radius 1 is 1.56 bits per heavy atom. The number of benzene rings is 1. The molecule has 4 nitrogen and oxygen atoms in total. The van der Waals surface area contributed by atoms with E-state index in [9.17, 15) is 9.90 Å². The lowest BCUT2D eigenvalue weighted by atomic mass is 10.3. The molecule has 1 aliphatic rings. The first-order valence-electron chi connectivity index (χ1n) is 5.34. The average Bonchev–Trinajstić information content (AvgIpc) is 3.09. The molecule has 1 aromatic rings. The van der Waals surface area contributed by atoms with E-state index in [4.69, 9.17) is 4.74 Å². The molecule has 4 heteroatoms. The van der Waals surface area contributed by atoms with Gasteiger partial charge in [-0.25, -0.2) is 0 Å². The highest BCUT2D eigenvalue weighted by Gasteiger charge is 2.29. The van der Waals surface area contributed by atoms with E-state index in [1.165, 1.54) is 6.07 Å². The van der Waals surface area contributed by atoms with Gasteiger partial charge in [-0.1, -0.05) is 6.07 Å². The molecule has 1 fully saturated rings. The van der Waals surface area contributed by atoms with Crippen molar-refractivity contribution in [2.45, 2.75) is 18.9 Å². The summed E-state index contributed by atoms with van der Waals surface area (Å²) < 4.78 is 5.30. The summed E-state index contributed by atoms with van der Waals surface area (Å²) in [6.45, 7) is 0.0243. The summed E-state index contributed by atoms with van der Waals surface area (Å²) in [6.07, 6.45) is 2.18. The number of likely N-dealkylation sites (N-methyl/N-ethyl adjacent to an activating group) is 1. The highest BCUT2D eigenvalue weighted by atomic mass is 16.5. The maximum absolute atomic E-state index is 11.6. The van der Waals surface area contributed by atoms with Crippen LogP contribution < -0.4 is 4.74 Å². The van der Waals surface area contributed by atoms with Crippen molar-refractivity contribution < 1.29 is 14.6 Å². The molecule has 1 aromatic carbocycles. The third kappa shape index (κ3) is 2.66. The van der Waals surface area contributed by atoms with Crippen LogP contribution in [0.15, 0.2) is 24.3 Å². The van der Waals surface area contributed by atoms with E-state index in [0.29, 0.717) is 11.8 Å². The van der Waals surface area contributed by atoms with Crippen LogP contribution in [0, 0.1) is 0 Å². The standard InChI is InChI=1S/C12H15NO3/c1-13(9-5-6-9)12(15)8-16-11-4-2-3-10(14)7-11/h2-4,7,9,14H,5-6,8H2,1H3. The number of ether oxygens (including phenoxy) is 1. The summed E-state index contributed by atoms with van der Waals surface area (Å²) in [7, 11) is 1.80. The van der Waals surface area contributed by atoms with E-state index >= 15 is 0 Å². The van der Waals surface area contributed by atoms with Gasteiger partial charge < -0.3 is 14.7 Å². The number of carbonyl (C=O) groups is 1. The number of phenols is 1. The van der Waals surface area contributed by atoms with E-state index < -0.39 is 0 Å². The van der Waals surface area contributed by atoms with Crippen LogP contribution in [0.5, 0.6) is 11.5 Å². The number of phenolic OH excluding ortho intramolecular Hbond substituents is 1. The number of nitrogens with zero attached hydrogens (tertiary/aromatic N) is 1. The van der Waals surface area contributed by atoms with E-state index in [1.807, 2.05) is 0 Å². The maximum Gasteiger partial charge on any atom is 0.260 e. The number of hydrogen-bond acceptors (Lipinski definition) is 3. The Bertz CT molecular complexity index is 388. The Hall–Kier alpha value is -1.71. The van der Waals surface area contributed by atoms with E-state index in [0.717, 1.165) is 12.8 Å². The van der Waals surface area contributed by atoms with Gasteiger partial charge in [0.2, 0.25) is 0 Å². The first kappa shape index (κ1) is 10.8. The molecule has 0 spiro atoms. The van der Waals surface area contributed by atoms with Gasteiger partial charge in [0.05, 0.1) is 0 Å². The van der Waals surface area contributed by atoms with Crippen molar-refractivity contribution in [1.82, 2.24) is 4.90 Å². The number of aromatic hydroxyl groups is 1. The van der Waals surface area contributed by atoms with E-state index in [1.54, 1.807) is 30.1 Å². The Kier molecular flexibility index (Phi) is 2.99. The Labute approximate surface area is 94.4 Å². The average molecular weight is 221 g/mol. The van der Waals surface area contributed by atoms with Crippen molar-refractivity contribution in [3.05, 3.63) is 24.3 Å². The molecule has 0 unspecified atom stereocenters. The molecule has 0 aromatic heterocycles. The van der Waals surface area contributed by atoms with Crippen LogP contribution in [0.3, 0.4) is 0 Å². The summed E-state index contributed by atoms with van der Waals surface area (Å²) in [5.74, 6) is 0.629.